The van der Waals surface area contributed by atoms with Crippen LogP contribution in [0.25, 0.3) is 10.4 Å². The first-order valence-electron chi connectivity index (χ1n) is 25.6. The number of aryl methyl sites for hydroxylation is 1. The van der Waals surface area contributed by atoms with Crippen LogP contribution in [0.1, 0.15) is 92.2 Å². The highest BCUT2D eigenvalue weighted by molar-refractivity contribution is 7.13. The van der Waals surface area contributed by atoms with Crippen molar-refractivity contribution in [2.75, 3.05) is 77.6 Å². The molecule has 0 spiro atoms. The third-order valence-electron chi connectivity index (χ3n) is 13.8. The lowest BCUT2D eigenvalue weighted by atomic mass is 9.76. The van der Waals surface area contributed by atoms with Gasteiger partial charge in [0.25, 0.3) is 0 Å². The van der Waals surface area contributed by atoms with Crippen LogP contribution in [0.5, 0.6) is 0 Å². The summed E-state index contributed by atoms with van der Waals surface area (Å²) in [6, 6.07) is 17.2. The fraction of sp³-hybridized carbons (Fsp3) is 0.556. The summed E-state index contributed by atoms with van der Waals surface area (Å²) in [5, 5.41) is 30.5. The number of carbonyl (C=O) groups is 5. The standard InChI is InChI=1S/C54H73N9O9S/c1-36-51(73-35-59-36)39-11-9-37(10-12-39)28-56-52(69)47-26-44(66)33-63(47)53(70)45(54(2,3)4)25-42(64)16-21-71-23-24-72-22-17-50(68)55-18-20-62-30-41(31-62)60-49-27-46(57-34-58-49)48(67)14-13-43(65)32-61-19-15-38-7-5-6-8-40(38)29-61/h5-12,27,34-35,41,43-45,47,65-66H,13-26,28-33H2,1-4H3,(H,55,68)(H,56,69)(H,57,58,60)/t43-,44+,45+,47-/m0/s1. The molecule has 4 atom stereocenters. The number of ether oxygens (including phenoxy) is 2. The van der Waals surface area contributed by atoms with E-state index in [4.69, 9.17) is 9.47 Å². The van der Waals surface area contributed by atoms with E-state index in [1.807, 2.05) is 63.5 Å². The van der Waals surface area contributed by atoms with Gasteiger partial charge in [0.1, 0.15) is 29.7 Å². The molecule has 2 fully saturated rings. The number of amides is 3. The third kappa shape index (κ3) is 16.5. The smallest absolute Gasteiger partial charge is 0.243 e. The molecule has 0 unspecified atom stereocenters. The Balaban J connectivity index is 0.703. The first kappa shape index (κ1) is 55.2. The highest BCUT2D eigenvalue weighted by Gasteiger charge is 2.44. The quantitative estimate of drug-likeness (QED) is 0.0416. The number of likely N-dealkylation sites (tertiary alicyclic amines) is 2. The van der Waals surface area contributed by atoms with E-state index in [-0.39, 0.29) is 107 Å². The molecule has 0 radical (unpaired) electrons. The minimum Gasteiger partial charge on any atom is -0.392 e. The zero-order valence-corrected chi connectivity index (χ0v) is 43.5. The number of hydrogen-bond donors (Lipinski definition) is 5. The molecule has 0 saturated carbocycles. The molecule has 0 aliphatic carbocycles. The van der Waals surface area contributed by atoms with Gasteiger partial charge in [-0.3, -0.25) is 33.8 Å². The van der Waals surface area contributed by atoms with Gasteiger partial charge >= 0.3 is 0 Å². The summed E-state index contributed by atoms with van der Waals surface area (Å²) < 4.78 is 11.2. The highest BCUT2D eigenvalue weighted by atomic mass is 32.1. The summed E-state index contributed by atoms with van der Waals surface area (Å²) in [7, 11) is 0. The molecular formula is C54H73N9O9S. The molecule has 3 aliphatic heterocycles. The van der Waals surface area contributed by atoms with Gasteiger partial charge in [-0.05, 0) is 47.4 Å². The monoisotopic (exact) mass is 1020 g/mol. The van der Waals surface area contributed by atoms with E-state index < -0.39 is 29.6 Å². The number of carbonyl (C=O) groups excluding carboxylic acids is 5. The van der Waals surface area contributed by atoms with E-state index in [0.717, 1.165) is 54.3 Å². The van der Waals surface area contributed by atoms with Crippen LogP contribution in [0, 0.1) is 18.3 Å². The van der Waals surface area contributed by atoms with Crippen molar-refractivity contribution >= 4 is 46.4 Å². The Morgan fingerprint density at radius 3 is 2.34 bits per heavy atom. The summed E-state index contributed by atoms with van der Waals surface area (Å²) in [6.07, 6.45) is 1.88. The van der Waals surface area contributed by atoms with Gasteiger partial charge < -0.3 is 40.5 Å². The van der Waals surface area contributed by atoms with Crippen molar-refractivity contribution in [3.63, 3.8) is 0 Å². The lowest BCUT2D eigenvalue weighted by Gasteiger charge is -2.39. The number of nitrogens with zero attached hydrogens (tertiary/aromatic N) is 6. The van der Waals surface area contributed by atoms with E-state index in [0.29, 0.717) is 37.6 Å². The Bertz CT molecular complexity index is 2480. The fourth-order valence-corrected chi connectivity index (χ4v) is 10.4. The number of anilines is 1. The predicted octanol–water partition coefficient (Wildman–Crippen LogP) is 4.22. The van der Waals surface area contributed by atoms with Crippen molar-refractivity contribution in [2.45, 2.75) is 110 Å². The van der Waals surface area contributed by atoms with E-state index in [9.17, 15) is 34.2 Å². The third-order valence-corrected chi connectivity index (χ3v) is 14.8. The number of hydrogen-bond acceptors (Lipinski definition) is 16. The average Bonchev–Trinajstić information content (AvgIpc) is 3.98. The maximum atomic E-state index is 14.0. The normalized spacial score (nSPS) is 18.1. The molecule has 5 N–H and O–H groups in total. The van der Waals surface area contributed by atoms with Gasteiger partial charge in [0.05, 0.1) is 60.8 Å². The first-order valence-corrected chi connectivity index (χ1v) is 26.5. The number of benzene rings is 2. The van der Waals surface area contributed by atoms with Crippen molar-refractivity contribution in [1.82, 2.24) is 40.3 Å². The van der Waals surface area contributed by atoms with Crippen LogP contribution in [0.2, 0.25) is 0 Å². The number of aliphatic hydroxyl groups excluding tert-OH is 2. The number of fused-ring (bicyclic) bond motifs is 1. The SMILES string of the molecule is Cc1ncsc1-c1ccc(CNC(=O)[C@@H]2C[C@@H](O)CN2C(=O)[C@@H](CC(=O)CCOCCOCCC(=O)NCCN2CC(Nc3cc(C(=O)CC[C@H](O)CN4CCc5ccccc5C4)ncn3)C2)C(C)(C)C)cc1. The molecule has 2 aromatic carbocycles. The molecule has 18 nitrogen and oxygen atoms in total. The molecule has 394 valence electrons. The van der Waals surface area contributed by atoms with Crippen LogP contribution >= 0.6 is 11.3 Å². The van der Waals surface area contributed by atoms with Crippen molar-refractivity contribution in [1.29, 1.82) is 0 Å². The largest absolute Gasteiger partial charge is 0.392 e. The number of nitrogens with one attached hydrogen (secondary N) is 3. The summed E-state index contributed by atoms with van der Waals surface area (Å²) in [5.41, 5.74) is 7.13. The molecule has 0 bridgehead atoms. The van der Waals surface area contributed by atoms with Gasteiger partial charge in [0.2, 0.25) is 17.7 Å². The lowest BCUT2D eigenvalue weighted by molar-refractivity contribution is -0.146. The molecule has 3 amide bonds. The molecule has 19 heteroatoms. The molecule has 4 aromatic rings. The highest BCUT2D eigenvalue weighted by Crippen LogP contribution is 2.34. The average molecular weight is 1020 g/mol. The van der Waals surface area contributed by atoms with Gasteiger partial charge in [-0.15, -0.1) is 11.3 Å². The second kappa shape index (κ2) is 26.6. The molecule has 3 aliphatic rings. The van der Waals surface area contributed by atoms with Gasteiger partial charge in [0.15, 0.2) is 5.78 Å². The Hall–Kier alpha value is -5.54. The van der Waals surface area contributed by atoms with E-state index in [1.165, 1.54) is 22.4 Å². The molecule has 5 heterocycles. The Morgan fingerprint density at radius 1 is 0.877 bits per heavy atom. The summed E-state index contributed by atoms with van der Waals surface area (Å²) in [4.78, 5) is 85.8. The van der Waals surface area contributed by atoms with E-state index in [2.05, 4.69) is 58.9 Å². The first-order chi connectivity index (χ1) is 35.1. The molecule has 2 saturated heterocycles. The number of Topliss-reactive ketones (excluding diaryl/α,β-unsaturated/α-hetero) is 2. The van der Waals surface area contributed by atoms with Gasteiger partial charge in [-0.2, -0.15) is 0 Å². The Kier molecular flexibility index (Phi) is 20.1. The van der Waals surface area contributed by atoms with Crippen LogP contribution in [0.4, 0.5) is 5.82 Å². The maximum Gasteiger partial charge on any atom is 0.243 e. The number of ketones is 2. The molecule has 7 rings (SSSR count). The van der Waals surface area contributed by atoms with Crippen LogP contribution in [0.15, 0.2) is 66.4 Å². The second-order valence-corrected chi connectivity index (χ2v) is 21.4. The summed E-state index contributed by atoms with van der Waals surface area (Å²) >= 11 is 1.57. The number of aliphatic hydroxyl groups is 2. The van der Waals surface area contributed by atoms with Crippen LogP contribution in [-0.4, -0.2) is 166 Å². The fourth-order valence-electron chi connectivity index (χ4n) is 9.54. The van der Waals surface area contributed by atoms with Crippen LogP contribution < -0.4 is 16.0 Å². The van der Waals surface area contributed by atoms with Gasteiger partial charge in [-0.25, -0.2) is 15.0 Å². The zero-order chi connectivity index (χ0) is 51.9. The molecular weight excluding hydrogens is 951 g/mol. The minimum atomic E-state index is -0.848. The minimum absolute atomic E-state index is 0.0174. The van der Waals surface area contributed by atoms with E-state index >= 15 is 0 Å². The van der Waals surface area contributed by atoms with Crippen molar-refractivity contribution in [3.05, 3.63) is 94.5 Å². The number of β-amino-alcohol motifs (C(OH)–C–C–N with tert-alkyl or cyclic N) is 2. The van der Waals surface area contributed by atoms with Crippen LogP contribution in [-0.2, 0) is 48.2 Å². The predicted molar refractivity (Wildman–Crippen MR) is 278 cm³/mol. The number of aromatic nitrogens is 3. The van der Waals surface area contributed by atoms with Crippen LogP contribution in [0.3, 0.4) is 0 Å². The van der Waals surface area contributed by atoms with Crippen molar-refractivity contribution < 1.29 is 43.7 Å². The second-order valence-electron chi connectivity index (χ2n) is 20.6. The topological polar surface area (TPSA) is 229 Å². The molecule has 2 aromatic heterocycles. The number of thiazole rings is 1. The Morgan fingerprint density at radius 2 is 1.62 bits per heavy atom. The van der Waals surface area contributed by atoms with Crippen molar-refractivity contribution in [3.8, 4) is 10.4 Å². The van der Waals surface area contributed by atoms with E-state index in [1.54, 1.807) is 17.4 Å². The summed E-state index contributed by atoms with van der Waals surface area (Å²) in [5.74, 6) is -1.18. The zero-order valence-electron chi connectivity index (χ0n) is 42.7. The number of rotatable bonds is 27. The van der Waals surface area contributed by atoms with Gasteiger partial charge in [-0.1, -0.05) is 69.3 Å². The maximum absolute atomic E-state index is 14.0. The Labute approximate surface area is 432 Å². The van der Waals surface area contributed by atoms with Gasteiger partial charge in [0, 0.05) is 103 Å². The summed E-state index contributed by atoms with van der Waals surface area (Å²) in [6.45, 7) is 13.7. The lowest BCUT2D eigenvalue weighted by Crippen LogP contribution is -2.56. The molecule has 73 heavy (non-hydrogen) atoms. The van der Waals surface area contributed by atoms with Crippen molar-refractivity contribution in [2.24, 2.45) is 11.3 Å².